The number of nitrogens with one attached hydrogen (secondary N) is 1. The molecule has 1 N–H and O–H groups in total. The van der Waals surface area contributed by atoms with Crippen LogP contribution in [0.3, 0.4) is 0 Å². The molecule has 35 heavy (non-hydrogen) atoms. The second-order valence-electron chi connectivity index (χ2n) is 8.06. The molecule has 0 saturated carbocycles. The molecule has 0 unspecified atom stereocenters. The number of carbonyl (C=O) groups excluding carboxylic acids is 2. The van der Waals surface area contributed by atoms with E-state index < -0.39 is 60.4 Å². The summed E-state index contributed by atoms with van der Waals surface area (Å²) in [7, 11) is 0. The summed E-state index contributed by atoms with van der Waals surface area (Å²) in [5.41, 5.74) is 0.257. The van der Waals surface area contributed by atoms with Crippen molar-refractivity contribution in [2.45, 2.75) is 43.9 Å². The van der Waals surface area contributed by atoms with Gasteiger partial charge in [-0.2, -0.15) is 0 Å². The second-order valence-corrected chi connectivity index (χ2v) is 8.06. The van der Waals surface area contributed by atoms with Crippen molar-refractivity contribution in [2.75, 3.05) is 13.2 Å². The molecule has 2 fully saturated rings. The Morgan fingerprint density at radius 3 is 2.57 bits per heavy atom. The molecule has 2 aliphatic rings. The van der Waals surface area contributed by atoms with Crippen LogP contribution in [0.4, 0.5) is 8.78 Å². The number of esters is 1. The van der Waals surface area contributed by atoms with E-state index in [9.17, 15) is 18.4 Å². The highest BCUT2D eigenvalue weighted by Crippen LogP contribution is 2.36. The molecule has 0 spiro atoms. The third-order valence-corrected chi connectivity index (χ3v) is 5.57. The lowest BCUT2D eigenvalue weighted by Gasteiger charge is -2.48. The maximum atomic E-state index is 14.3. The van der Waals surface area contributed by atoms with Gasteiger partial charge in [-0.3, -0.25) is 4.79 Å². The van der Waals surface area contributed by atoms with Gasteiger partial charge in [-0.15, -0.1) is 6.58 Å². The van der Waals surface area contributed by atoms with Crippen LogP contribution in [0.15, 0.2) is 61.2 Å². The molecular weight excluding hydrogens is 464 g/mol. The van der Waals surface area contributed by atoms with E-state index in [0.29, 0.717) is 5.56 Å². The summed E-state index contributed by atoms with van der Waals surface area (Å²) < 4.78 is 56.9. The SMILES string of the molecule is C=CCO[C@H]1O[C@@H]2CO[C@@H](c3ccc(F)cc3)O[C@H]2[C@H](OC(=O)c2ccccc2F)[C@H]1NC(C)=O. The number of hydrogen-bond acceptors (Lipinski definition) is 7. The fraction of sp³-hybridized carbons (Fsp3) is 0.360. The topological polar surface area (TPSA) is 92.3 Å². The van der Waals surface area contributed by atoms with Gasteiger partial charge in [-0.05, 0) is 24.3 Å². The molecule has 2 aromatic rings. The lowest BCUT2D eigenvalue weighted by Crippen LogP contribution is -2.67. The van der Waals surface area contributed by atoms with Gasteiger partial charge < -0.3 is 29.0 Å². The van der Waals surface area contributed by atoms with Gasteiger partial charge in [0.05, 0.1) is 18.8 Å². The Hall–Kier alpha value is -3.18. The molecule has 6 atom stereocenters. The predicted octanol–water partition coefficient (Wildman–Crippen LogP) is 3.04. The van der Waals surface area contributed by atoms with Crippen molar-refractivity contribution in [3.05, 3.63) is 83.9 Å². The minimum absolute atomic E-state index is 0.0290. The van der Waals surface area contributed by atoms with E-state index in [-0.39, 0.29) is 18.8 Å². The number of carbonyl (C=O) groups is 2. The van der Waals surface area contributed by atoms with Crippen molar-refractivity contribution in [3.8, 4) is 0 Å². The van der Waals surface area contributed by atoms with Gasteiger partial charge in [0.2, 0.25) is 5.91 Å². The fourth-order valence-electron chi connectivity index (χ4n) is 4.01. The zero-order chi connectivity index (χ0) is 24.9. The van der Waals surface area contributed by atoms with E-state index >= 15 is 0 Å². The smallest absolute Gasteiger partial charge is 0.341 e. The summed E-state index contributed by atoms with van der Waals surface area (Å²) in [5, 5.41) is 2.69. The van der Waals surface area contributed by atoms with Crippen molar-refractivity contribution >= 4 is 11.9 Å². The van der Waals surface area contributed by atoms with E-state index in [0.717, 1.165) is 6.07 Å². The molecule has 0 aliphatic carbocycles. The number of rotatable bonds is 7. The minimum Gasteiger partial charge on any atom is -0.453 e. The summed E-state index contributed by atoms with van der Waals surface area (Å²) in [6.45, 7) is 5.02. The van der Waals surface area contributed by atoms with Crippen LogP contribution in [0.2, 0.25) is 0 Å². The molecule has 186 valence electrons. The van der Waals surface area contributed by atoms with E-state index in [2.05, 4.69) is 11.9 Å². The van der Waals surface area contributed by atoms with Crippen molar-refractivity contribution in [1.29, 1.82) is 0 Å². The Balaban J connectivity index is 1.65. The van der Waals surface area contributed by atoms with Crippen LogP contribution in [0, 0.1) is 11.6 Å². The molecule has 0 radical (unpaired) electrons. The van der Waals surface area contributed by atoms with Crippen LogP contribution < -0.4 is 5.32 Å². The quantitative estimate of drug-likeness (QED) is 0.472. The first-order chi connectivity index (χ1) is 16.9. The molecule has 2 heterocycles. The number of amides is 1. The van der Waals surface area contributed by atoms with Gasteiger partial charge in [0.25, 0.3) is 0 Å². The third kappa shape index (κ3) is 5.73. The van der Waals surface area contributed by atoms with Crippen molar-refractivity contribution < 1.29 is 42.1 Å². The number of ether oxygens (including phenoxy) is 5. The standard InChI is InChI=1S/C25H25F2NO7/c1-3-12-31-25-20(28-14(2)29)22(34-23(30)17-6-4-5-7-18(17)27)21-19(33-25)13-32-24(35-21)15-8-10-16(26)11-9-15/h3-11,19-22,24-25H,1,12-13H2,2H3,(H,28,29)/t19-,20-,21-,22-,24-,25+/m1/s1. The molecule has 2 aliphatic heterocycles. The zero-order valence-electron chi connectivity index (χ0n) is 18.9. The molecule has 2 aromatic carbocycles. The highest BCUT2D eigenvalue weighted by molar-refractivity contribution is 5.89. The van der Waals surface area contributed by atoms with E-state index in [4.69, 9.17) is 23.7 Å². The summed E-state index contributed by atoms with van der Waals surface area (Å²) >= 11 is 0. The van der Waals surface area contributed by atoms with Crippen molar-refractivity contribution in [3.63, 3.8) is 0 Å². The molecule has 10 heteroatoms. The van der Waals surface area contributed by atoms with Crippen molar-refractivity contribution in [1.82, 2.24) is 5.32 Å². The summed E-state index contributed by atoms with van der Waals surface area (Å²) in [6.07, 6.45) is -3.25. The molecule has 8 nitrogen and oxygen atoms in total. The van der Waals surface area contributed by atoms with Gasteiger partial charge in [-0.25, -0.2) is 13.6 Å². The number of benzene rings is 2. The lowest BCUT2D eigenvalue weighted by molar-refractivity contribution is -0.342. The van der Waals surface area contributed by atoms with Gasteiger partial charge in [0, 0.05) is 12.5 Å². The first-order valence-corrected chi connectivity index (χ1v) is 11.0. The third-order valence-electron chi connectivity index (χ3n) is 5.57. The predicted molar refractivity (Wildman–Crippen MR) is 118 cm³/mol. The highest BCUT2D eigenvalue weighted by Gasteiger charge is 2.53. The largest absolute Gasteiger partial charge is 0.453 e. The second kappa shape index (κ2) is 11.0. The van der Waals surface area contributed by atoms with E-state index in [1.54, 1.807) is 0 Å². The Morgan fingerprint density at radius 1 is 1.14 bits per heavy atom. The van der Waals surface area contributed by atoms with Crippen molar-refractivity contribution in [2.24, 2.45) is 0 Å². The van der Waals surface area contributed by atoms with Gasteiger partial charge in [0.1, 0.15) is 29.9 Å². The van der Waals surface area contributed by atoms with Crippen LogP contribution in [0.1, 0.15) is 29.1 Å². The van der Waals surface area contributed by atoms with Gasteiger partial charge in [-0.1, -0.05) is 30.3 Å². The fourth-order valence-corrected chi connectivity index (χ4v) is 4.01. The minimum atomic E-state index is -1.13. The lowest BCUT2D eigenvalue weighted by atomic mass is 9.95. The maximum Gasteiger partial charge on any atom is 0.341 e. The summed E-state index contributed by atoms with van der Waals surface area (Å²) in [5.74, 6) is -2.56. The normalized spacial score (nSPS) is 28.0. The average molecular weight is 489 g/mol. The van der Waals surface area contributed by atoms with Crippen LogP contribution in [0.25, 0.3) is 0 Å². The van der Waals surface area contributed by atoms with E-state index in [1.807, 2.05) is 0 Å². The molecule has 0 bridgehead atoms. The molecule has 2 saturated heterocycles. The number of halogens is 2. The average Bonchev–Trinajstić information content (AvgIpc) is 2.84. The summed E-state index contributed by atoms with van der Waals surface area (Å²) in [4.78, 5) is 25.0. The van der Waals surface area contributed by atoms with Gasteiger partial charge in [0.15, 0.2) is 18.7 Å². The summed E-state index contributed by atoms with van der Waals surface area (Å²) in [6, 6.07) is 9.93. The molecule has 0 aromatic heterocycles. The van der Waals surface area contributed by atoms with Crippen LogP contribution in [-0.4, -0.2) is 55.7 Å². The Morgan fingerprint density at radius 2 is 1.89 bits per heavy atom. The van der Waals surface area contributed by atoms with Crippen LogP contribution in [0.5, 0.6) is 0 Å². The Labute approximate surface area is 200 Å². The Bertz CT molecular complexity index is 1060. The monoisotopic (exact) mass is 489 g/mol. The number of hydrogen-bond donors (Lipinski definition) is 1. The molecule has 4 rings (SSSR count). The molecular formula is C25H25F2NO7. The van der Waals surface area contributed by atoms with E-state index in [1.165, 1.54) is 55.5 Å². The first-order valence-electron chi connectivity index (χ1n) is 11.0. The van der Waals surface area contributed by atoms with Gasteiger partial charge >= 0.3 is 5.97 Å². The molecule has 1 amide bonds. The number of fused-ring (bicyclic) bond motifs is 1. The zero-order valence-corrected chi connectivity index (χ0v) is 18.9. The van der Waals surface area contributed by atoms with Crippen LogP contribution >= 0.6 is 0 Å². The first kappa shape index (κ1) is 24.9. The Kier molecular flexibility index (Phi) is 7.86. The maximum absolute atomic E-state index is 14.3. The van der Waals surface area contributed by atoms with Crippen LogP contribution in [-0.2, 0) is 28.5 Å². The highest BCUT2D eigenvalue weighted by atomic mass is 19.1.